The minimum Gasteiger partial charge on any atom is -0.406 e. The summed E-state index contributed by atoms with van der Waals surface area (Å²) in [5.74, 6) is -0.197. The average molecular weight is 308 g/mol. The Morgan fingerprint density at radius 2 is 2.00 bits per heavy atom. The largest absolute Gasteiger partial charge is 0.573 e. The number of alkyl halides is 4. The molecule has 0 bridgehead atoms. The molecule has 3 nitrogen and oxygen atoms in total. The minimum absolute atomic E-state index is 0.00438. The van der Waals surface area contributed by atoms with Crippen molar-refractivity contribution < 1.29 is 22.7 Å². The molecule has 20 heavy (non-hydrogen) atoms. The van der Waals surface area contributed by atoms with Crippen LogP contribution in [0.25, 0.3) is 0 Å². The molecule has 0 aliphatic carbocycles. The Bertz CT molecular complexity index is 475. The molecule has 0 spiro atoms. The zero-order valence-corrected chi connectivity index (χ0v) is 11.2. The van der Waals surface area contributed by atoms with Gasteiger partial charge in [0.15, 0.2) is 0 Å². The first kappa shape index (κ1) is 15.0. The van der Waals surface area contributed by atoms with Crippen LogP contribution in [-0.4, -0.2) is 35.6 Å². The van der Waals surface area contributed by atoms with E-state index in [1.807, 2.05) is 0 Å². The van der Waals surface area contributed by atoms with Crippen LogP contribution in [0.2, 0.25) is 0 Å². The first-order chi connectivity index (χ1) is 9.40. The van der Waals surface area contributed by atoms with E-state index in [0.717, 1.165) is 25.0 Å². The van der Waals surface area contributed by atoms with Gasteiger partial charge in [-0.15, -0.1) is 24.8 Å². The Balaban J connectivity index is 2.08. The van der Waals surface area contributed by atoms with Crippen molar-refractivity contribution in [3.8, 4) is 5.75 Å². The van der Waals surface area contributed by atoms with E-state index in [1.165, 1.54) is 12.1 Å². The summed E-state index contributed by atoms with van der Waals surface area (Å²) in [6.07, 6.45) is -2.99. The number of amides is 1. The predicted octanol–water partition coefficient (Wildman–Crippen LogP) is 3.43. The van der Waals surface area contributed by atoms with Gasteiger partial charge in [0.05, 0.1) is 0 Å². The summed E-state index contributed by atoms with van der Waals surface area (Å²) >= 11 is 5.79. The van der Waals surface area contributed by atoms with E-state index in [2.05, 4.69) is 4.74 Å². The minimum atomic E-state index is -4.73. The summed E-state index contributed by atoms with van der Waals surface area (Å²) in [5.41, 5.74) is 0.330. The van der Waals surface area contributed by atoms with Crippen LogP contribution in [0.1, 0.15) is 23.2 Å². The van der Waals surface area contributed by atoms with Gasteiger partial charge in [0.25, 0.3) is 5.91 Å². The van der Waals surface area contributed by atoms with Crippen molar-refractivity contribution in [2.75, 3.05) is 12.4 Å². The number of ether oxygens (including phenoxy) is 1. The zero-order chi connectivity index (χ0) is 14.8. The van der Waals surface area contributed by atoms with Crippen molar-refractivity contribution >= 4 is 17.5 Å². The van der Waals surface area contributed by atoms with Crippen molar-refractivity contribution in [3.05, 3.63) is 29.8 Å². The van der Waals surface area contributed by atoms with Gasteiger partial charge in [-0.05, 0) is 37.1 Å². The Morgan fingerprint density at radius 1 is 1.35 bits per heavy atom. The zero-order valence-electron chi connectivity index (χ0n) is 10.5. The molecule has 7 heteroatoms. The van der Waals surface area contributed by atoms with Gasteiger partial charge in [-0.2, -0.15) is 0 Å². The maximum absolute atomic E-state index is 12.2. The molecular weight excluding hydrogens is 295 g/mol. The molecule has 0 radical (unpaired) electrons. The molecule has 0 N–H and O–H groups in total. The monoisotopic (exact) mass is 307 g/mol. The number of likely N-dealkylation sites (tertiary alicyclic amines) is 1. The second-order valence-electron chi connectivity index (χ2n) is 4.52. The van der Waals surface area contributed by atoms with Gasteiger partial charge in [-0.1, -0.05) is 0 Å². The van der Waals surface area contributed by atoms with E-state index in [9.17, 15) is 18.0 Å². The summed E-state index contributed by atoms with van der Waals surface area (Å²) in [6, 6.07) is 4.91. The molecule has 1 fully saturated rings. The van der Waals surface area contributed by atoms with Crippen LogP contribution in [0.3, 0.4) is 0 Å². The lowest BCUT2D eigenvalue weighted by molar-refractivity contribution is -0.274. The van der Waals surface area contributed by atoms with Crippen LogP contribution in [0, 0.1) is 0 Å². The predicted molar refractivity (Wildman–Crippen MR) is 67.9 cm³/mol. The van der Waals surface area contributed by atoms with Crippen LogP contribution < -0.4 is 4.74 Å². The second-order valence-corrected chi connectivity index (χ2v) is 4.83. The topological polar surface area (TPSA) is 29.5 Å². The average Bonchev–Trinajstić information content (AvgIpc) is 2.85. The normalized spacial score (nSPS) is 19.2. The van der Waals surface area contributed by atoms with E-state index in [4.69, 9.17) is 11.6 Å². The lowest BCUT2D eigenvalue weighted by Crippen LogP contribution is -2.36. The van der Waals surface area contributed by atoms with Gasteiger partial charge in [-0.3, -0.25) is 4.79 Å². The fourth-order valence-corrected chi connectivity index (χ4v) is 2.55. The lowest BCUT2D eigenvalue weighted by atomic mass is 10.1. The summed E-state index contributed by atoms with van der Waals surface area (Å²) in [4.78, 5) is 13.9. The van der Waals surface area contributed by atoms with Crippen molar-refractivity contribution in [3.63, 3.8) is 0 Å². The maximum atomic E-state index is 12.2. The highest BCUT2D eigenvalue weighted by Gasteiger charge is 2.31. The molecule has 1 aromatic carbocycles. The number of rotatable bonds is 3. The van der Waals surface area contributed by atoms with Gasteiger partial charge >= 0.3 is 6.36 Å². The molecule has 0 saturated carbocycles. The molecule has 1 atom stereocenters. The molecule has 1 aliphatic heterocycles. The van der Waals surface area contributed by atoms with Gasteiger partial charge in [0.1, 0.15) is 5.75 Å². The summed E-state index contributed by atoms with van der Waals surface area (Å²) in [6.45, 7) is 0.622. The molecule has 1 aromatic rings. The second kappa shape index (κ2) is 5.91. The molecule has 1 amide bonds. The molecular formula is C13H13ClF3NO2. The standard InChI is InChI=1S/C13H13ClF3NO2/c14-8-10-2-1-7-18(10)12(19)9-3-5-11(6-4-9)20-13(15,16)17/h3-6,10H,1-2,7-8H2. The highest BCUT2D eigenvalue weighted by molar-refractivity contribution is 6.18. The summed E-state index contributed by atoms with van der Waals surface area (Å²) < 4.78 is 39.9. The van der Waals surface area contributed by atoms with Crippen LogP contribution in [0.5, 0.6) is 5.75 Å². The molecule has 1 heterocycles. The number of hydrogen-bond acceptors (Lipinski definition) is 2. The van der Waals surface area contributed by atoms with Gasteiger partial charge in [0, 0.05) is 24.0 Å². The SMILES string of the molecule is O=C(c1ccc(OC(F)(F)F)cc1)N1CCCC1CCl. The molecule has 1 aliphatic rings. The summed E-state index contributed by atoms with van der Waals surface area (Å²) in [5, 5.41) is 0. The fraction of sp³-hybridized carbons (Fsp3) is 0.462. The van der Waals surface area contributed by atoms with E-state index in [0.29, 0.717) is 18.0 Å². The molecule has 110 valence electrons. The van der Waals surface area contributed by atoms with Crippen molar-refractivity contribution in [2.24, 2.45) is 0 Å². The highest BCUT2D eigenvalue weighted by Crippen LogP contribution is 2.25. The Hall–Kier alpha value is -1.43. The molecule has 0 aromatic heterocycles. The Labute approximate surface area is 119 Å². The van der Waals surface area contributed by atoms with E-state index >= 15 is 0 Å². The van der Waals surface area contributed by atoms with Crippen molar-refractivity contribution in [1.29, 1.82) is 0 Å². The third-order valence-corrected chi connectivity index (χ3v) is 3.51. The van der Waals surface area contributed by atoms with E-state index in [-0.39, 0.29) is 17.7 Å². The fourth-order valence-electron chi connectivity index (χ4n) is 2.23. The smallest absolute Gasteiger partial charge is 0.406 e. The van der Waals surface area contributed by atoms with E-state index in [1.54, 1.807) is 4.90 Å². The quantitative estimate of drug-likeness (QED) is 0.801. The van der Waals surface area contributed by atoms with Gasteiger partial charge in [0.2, 0.25) is 0 Å². The van der Waals surface area contributed by atoms with Gasteiger partial charge < -0.3 is 9.64 Å². The number of carbonyl (C=O) groups is 1. The molecule has 1 saturated heterocycles. The number of benzene rings is 1. The first-order valence-electron chi connectivity index (χ1n) is 6.13. The summed E-state index contributed by atoms with van der Waals surface area (Å²) in [7, 11) is 0. The van der Waals surface area contributed by atoms with Gasteiger partial charge in [-0.25, -0.2) is 0 Å². The number of hydrogen-bond donors (Lipinski definition) is 0. The van der Waals surface area contributed by atoms with E-state index < -0.39 is 6.36 Å². The molecule has 2 rings (SSSR count). The van der Waals surface area contributed by atoms with Crippen LogP contribution >= 0.6 is 11.6 Å². The third kappa shape index (κ3) is 3.56. The first-order valence-corrected chi connectivity index (χ1v) is 6.67. The lowest BCUT2D eigenvalue weighted by Gasteiger charge is -2.23. The maximum Gasteiger partial charge on any atom is 0.573 e. The number of carbonyl (C=O) groups excluding carboxylic acids is 1. The highest BCUT2D eigenvalue weighted by atomic mass is 35.5. The Morgan fingerprint density at radius 3 is 2.55 bits per heavy atom. The number of halogens is 4. The van der Waals surface area contributed by atoms with Crippen molar-refractivity contribution in [2.45, 2.75) is 25.2 Å². The third-order valence-electron chi connectivity index (χ3n) is 3.15. The van der Waals surface area contributed by atoms with Crippen LogP contribution in [-0.2, 0) is 0 Å². The van der Waals surface area contributed by atoms with Crippen LogP contribution in [0.4, 0.5) is 13.2 Å². The van der Waals surface area contributed by atoms with Crippen LogP contribution in [0.15, 0.2) is 24.3 Å². The Kier molecular flexibility index (Phi) is 4.42. The molecule has 1 unspecified atom stereocenters. The number of nitrogens with zero attached hydrogens (tertiary/aromatic N) is 1. The van der Waals surface area contributed by atoms with Crippen molar-refractivity contribution in [1.82, 2.24) is 4.90 Å².